The molecule has 2 aliphatic rings. The van der Waals surface area contributed by atoms with Gasteiger partial charge in [-0.1, -0.05) is 11.6 Å². The zero-order valence-corrected chi connectivity index (χ0v) is 16.9. The van der Waals surface area contributed by atoms with Gasteiger partial charge in [-0.25, -0.2) is 4.39 Å². The van der Waals surface area contributed by atoms with E-state index in [0.29, 0.717) is 35.0 Å². The van der Waals surface area contributed by atoms with Crippen LogP contribution in [0.2, 0.25) is 11.8 Å². The van der Waals surface area contributed by atoms with E-state index in [9.17, 15) is 9.41 Å². The quantitative estimate of drug-likeness (QED) is 0.544. The Morgan fingerprint density at radius 1 is 1.31 bits per heavy atom. The minimum Gasteiger partial charge on any atom is -0.470 e. The third kappa shape index (κ3) is 4.05. The first-order chi connectivity index (χ1) is 14.0. The molecule has 1 aromatic carbocycles. The summed E-state index contributed by atoms with van der Waals surface area (Å²) in [5.74, 6) is 0.819. The van der Waals surface area contributed by atoms with Crippen molar-refractivity contribution in [2.45, 2.75) is 31.6 Å². The number of methoxy groups -OCH3 is 1. The summed E-state index contributed by atoms with van der Waals surface area (Å²) in [6, 6.07) is 8.30. The molecule has 2 fully saturated rings. The van der Waals surface area contributed by atoms with Gasteiger partial charge in [-0.2, -0.15) is 0 Å². The Balaban J connectivity index is 1.47. The molecule has 7 nitrogen and oxygen atoms in total. The van der Waals surface area contributed by atoms with Gasteiger partial charge >= 0.3 is 7.05 Å². The van der Waals surface area contributed by atoms with Gasteiger partial charge in [0.2, 0.25) is 5.88 Å². The first kappa shape index (κ1) is 20.3. The van der Waals surface area contributed by atoms with Crippen LogP contribution in [0.5, 0.6) is 11.6 Å². The molecule has 1 aliphatic heterocycles. The predicted molar refractivity (Wildman–Crippen MR) is 107 cm³/mol. The molecule has 1 N–H and O–H groups in total. The van der Waals surface area contributed by atoms with Crippen molar-refractivity contribution in [1.82, 2.24) is 15.0 Å². The summed E-state index contributed by atoms with van der Waals surface area (Å²) in [7, 11) is 0.877. The highest BCUT2D eigenvalue weighted by atomic mass is 35.5. The van der Waals surface area contributed by atoms with Crippen LogP contribution >= 0.6 is 11.6 Å². The third-order valence-corrected chi connectivity index (χ3v) is 5.73. The van der Waals surface area contributed by atoms with Crippen LogP contribution in [-0.4, -0.2) is 65.8 Å². The largest absolute Gasteiger partial charge is 0.470 e. The van der Waals surface area contributed by atoms with E-state index >= 15 is 0 Å². The molecule has 2 heterocycles. The molecular formula is C19H22BClFN3O4. The minimum atomic E-state index is -1.17. The van der Waals surface area contributed by atoms with Crippen molar-refractivity contribution in [2.24, 2.45) is 5.92 Å². The van der Waals surface area contributed by atoms with Crippen molar-refractivity contribution in [3.05, 3.63) is 35.4 Å². The van der Waals surface area contributed by atoms with Gasteiger partial charge in [0.25, 0.3) is 0 Å². The molecule has 2 unspecified atom stereocenters. The first-order valence-electron chi connectivity index (χ1n) is 9.48. The van der Waals surface area contributed by atoms with Crippen LogP contribution in [0.1, 0.15) is 6.42 Å². The van der Waals surface area contributed by atoms with Crippen LogP contribution < -0.4 is 9.47 Å². The summed E-state index contributed by atoms with van der Waals surface area (Å²) in [5.41, 5.74) is 1.28. The molecule has 0 radical (unpaired) electrons. The number of benzene rings is 1. The fourth-order valence-electron chi connectivity index (χ4n) is 4.16. The zero-order chi connectivity index (χ0) is 20.5. The monoisotopic (exact) mass is 421 g/mol. The standard InChI is InChI=1S/C19H22BClFN3O4/c1-20(26)25-9-11-7-15(25)18(22)19(11)29-17-6-5-14(23-24-17)13-4-3-12(21)8-16(13)28-10-27-2/h3-6,8,11,15,18-19,26H,7,9-10H2,1-2H3/t11?,15?,18-,19+/m0/s1. The number of aromatic nitrogens is 2. The number of hydrogen-bond donors (Lipinski definition) is 1. The second-order valence-corrected chi connectivity index (χ2v) is 7.80. The first-order valence-corrected chi connectivity index (χ1v) is 9.85. The maximum Gasteiger partial charge on any atom is 0.376 e. The van der Waals surface area contributed by atoms with Gasteiger partial charge in [0.1, 0.15) is 11.9 Å². The van der Waals surface area contributed by atoms with Gasteiger partial charge in [0.15, 0.2) is 13.0 Å². The number of hydrogen-bond acceptors (Lipinski definition) is 7. The van der Waals surface area contributed by atoms with E-state index in [0.717, 1.165) is 0 Å². The van der Waals surface area contributed by atoms with E-state index in [2.05, 4.69) is 10.2 Å². The zero-order valence-electron chi connectivity index (χ0n) is 16.2. The van der Waals surface area contributed by atoms with Crippen molar-refractivity contribution < 1.29 is 23.6 Å². The van der Waals surface area contributed by atoms with E-state index in [1.807, 2.05) is 0 Å². The fraction of sp³-hybridized carbons (Fsp3) is 0.474. The van der Waals surface area contributed by atoms with Crippen LogP contribution in [0, 0.1) is 5.92 Å². The van der Waals surface area contributed by atoms with Crippen LogP contribution in [-0.2, 0) is 4.74 Å². The van der Waals surface area contributed by atoms with E-state index in [1.54, 1.807) is 42.0 Å². The SMILES string of the molecule is COCOc1cc(Cl)ccc1-c1ccc(O[C@@H]2C3CC([C@@H]2F)N(B(C)O)C3)nn1. The number of halogens is 2. The maximum absolute atomic E-state index is 14.8. The van der Waals surface area contributed by atoms with Crippen molar-refractivity contribution in [2.75, 3.05) is 20.4 Å². The summed E-state index contributed by atoms with van der Waals surface area (Å²) >= 11 is 6.05. The summed E-state index contributed by atoms with van der Waals surface area (Å²) in [4.78, 5) is 1.78. The topological polar surface area (TPSA) is 76.9 Å². The van der Waals surface area contributed by atoms with Gasteiger partial charge < -0.3 is 24.0 Å². The lowest BCUT2D eigenvalue weighted by Gasteiger charge is -2.34. The Morgan fingerprint density at radius 2 is 2.14 bits per heavy atom. The highest BCUT2D eigenvalue weighted by Crippen LogP contribution is 2.42. The van der Waals surface area contributed by atoms with Gasteiger partial charge in [0, 0.05) is 35.7 Å². The second-order valence-electron chi connectivity index (χ2n) is 7.37. The number of fused-ring (bicyclic) bond motifs is 2. The van der Waals surface area contributed by atoms with Gasteiger partial charge in [-0.15, -0.1) is 10.2 Å². The summed E-state index contributed by atoms with van der Waals surface area (Å²) in [6.45, 7) is 2.35. The summed E-state index contributed by atoms with van der Waals surface area (Å²) in [5, 5.41) is 18.6. The van der Waals surface area contributed by atoms with Gasteiger partial charge in [0.05, 0.1) is 5.69 Å². The highest BCUT2D eigenvalue weighted by Gasteiger charge is 2.55. The minimum absolute atomic E-state index is 0.0244. The molecule has 1 aliphatic carbocycles. The Bertz CT molecular complexity index is 858. The molecule has 10 heteroatoms. The molecule has 1 aromatic heterocycles. The van der Waals surface area contributed by atoms with Gasteiger partial charge in [-0.05, 0) is 44.1 Å². The highest BCUT2D eigenvalue weighted by molar-refractivity contribution is 6.45. The van der Waals surface area contributed by atoms with E-state index in [1.165, 1.54) is 7.11 Å². The number of nitrogens with zero attached hydrogens (tertiary/aromatic N) is 3. The smallest absolute Gasteiger partial charge is 0.376 e. The molecule has 1 saturated heterocycles. The van der Waals surface area contributed by atoms with E-state index in [4.69, 9.17) is 25.8 Å². The van der Waals surface area contributed by atoms with Crippen LogP contribution in [0.15, 0.2) is 30.3 Å². The molecule has 1 saturated carbocycles. The van der Waals surface area contributed by atoms with E-state index < -0.39 is 19.3 Å². The lowest BCUT2D eigenvalue weighted by Crippen LogP contribution is -2.53. The molecule has 29 heavy (non-hydrogen) atoms. The normalized spacial score (nSPS) is 26.0. The molecule has 2 aromatic rings. The molecule has 4 rings (SSSR count). The number of alkyl halides is 1. The Hall–Kier alpha value is -1.94. The third-order valence-electron chi connectivity index (χ3n) is 5.49. The molecule has 154 valence electrons. The molecule has 0 amide bonds. The summed E-state index contributed by atoms with van der Waals surface area (Å²) in [6.07, 6.45) is -1.07. The van der Waals surface area contributed by atoms with Crippen molar-refractivity contribution >= 4 is 18.7 Å². The lowest BCUT2D eigenvalue weighted by molar-refractivity contribution is 0.0334. The van der Waals surface area contributed by atoms with E-state index in [-0.39, 0.29) is 24.6 Å². The predicted octanol–water partition coefficient (Wildman–Crippen LogP) is 2.68. The van der Waals surface area contributed by atoms with Crippen molar-refractivity contribution in [3.8, 4) is 22.9 Å². The van der Waals surface area contributed by atoms with Crippen LogP contribution in [0.4, 0.5) is 4.39 Å². The maximum atomic E-state index is 14.8. The average molecular weight is 422 g/mol. The Labute approximate surface area is 173 Å². The lowest BCUT2D eigenvalue weighted by atomic mass is 9.82. The van der Waals surface area contributed by atoms with Crippen LogP contribution in [0.3, 0.4) is 0 Å². The average Bonchev–Trinajstić information content (AvgIpc) is 3.27. The molecule has 2 bridgehead atoms. The molecule has 4 atom stereocenters. The van der Waals surface area contributed by atoms with Crippen molar-refractivity contribution in [1.29, 1.82) is 0 Å². The molecular weight excluding hydrogens is 399 g/mol. The Kier molecular flexibility index (Phi) is 5.92. The number of piperidine rings is 1. The number of rotatable bonds is 7. The number of ether oxygens (including phenoxy) is 3. The molecule has 0 spiro atoms. The van der Waals surface area contributed by atoms with Crippen LogP contribution in [0.25, 0.3) is 11.3 Å². The van der Waals surface area contributed by atoms with Crippen molar-refractivity contribution in [3.63, 3.8) is 0 Å². The summed E-state index contributed by atoms with van der Waals surface area (Å²) < 4.78 is 31.1. The van der Waals surface area contributed by atoms with Gasteiger partial charge in [-0.3, -0.25) is 0 Å². The Morgan fingerprint density at radius 3 is 2.79 bits per heavy atom. The second kappa shape index (κ2) is 8.43. The fourth-order valence-corrected chi connectivity index (χ4v) is 4.32.